The molecule has 0 fully saturated rings. The highest BCUT2D eigenvalue weighted by atomic mass is 127. The van der Waals surface area contributed by atoms with Gasteiger partial charge >= 0.3 is 0 Å². The van der Waals surface area contributed by atoms with Crippen LogP contribution in [0.15, 0.2) is 24.3 Å². The van der Waals surface area contributed by atoms with Crippen molar-refractivity contribution in [3.63, 3.8) is 0 Å². The zero-order valence-electron chi connectivity index (χ0n) is 11.2. The molecule has 0 unspecified atom stereocenters. The molecular weight excluding hydrogens is 700 g/mol. The van der Waals surface area contributed by atoms with Crippen molar-refractivity contribution < 1.29 is 0 Å². The zero-order chi connectivity index (χ0) is 14.9. The van der Waals surface area contributed by atoms with Crippen molar-refractivity contribution >= 4 is 90.4 Å². The molecule has 0 amide bonds. The molecule has 0 spiro atoms. The summed E-state index contributed by atoms with van der Waals surface area (Å²) in [7, 11) is 0. The van der Waals surface area contributed by atoms with Crippen molar-refractivity contribution in [3.05, 3.63) is 60.8 Å². The van der Waals surface area contributed by atoms with Gasteiger partial charge in [0.05, 0.1) is 0 Å². The van der Waals surface area contributed by atoms with Crippen LogP contribution < -0.4 is 0 Å². The predicted octanol–water partition coefficient (Wildman–Crippen LogP) is 6.51. The van der Waals surface area contributed by atoms with Gasteiger partial charge in [-0.2, -0.15) is 0 Å². The smallest absolute Gasteiger partial charge is 0.0172 e. The Morgan fingerprint density at radius 1 is 0.700 bits per heavy atom. The van der Waals surface area contributed by atoms with E-state index in [1.54, 1.807) is 0 Å². The predicted molar refractivity (Wildman–Crippen MR) is 121 cm³/mol. The van der Waals surface area contributed by atoms with E-state index < -0.39 is 0 Å². The van der Waals surface area contributed by atoms with Crippen molar-refractivity contribution in [3.8, 4) is 0 Å². The van der Waals surface area contributed by atoms with Gasteiger partial charge in [-0.25, -0.2) is 0 Å². The van der Waals surface area contributed by atoms with E-state index in [-0.39, 0.29) is 0 Å². The van der Waals surface area contributed by atoms with E-state index in [9.17, 15) is 0 Å². The molecule has 0 aliphatic heterocycles. The molecule has 0 nitrogen and oxygen atoms in total. The quantitative estimate of drug-likeness (QED) is 0.319. The van der Waals surface area contributed by atoms with Gasteiger partial charge in [0.1, 0.15) is 0 Å². The fourth-order valence-electron chi connectivity index (χ4n) is 2.00. The third-order valence-electron chi connectivity index (χ3n) is 3.35. The Kier molecular flexibility index (Phi) is 6.87. The molecule has 0 N–H and O–H groups in total. The number of hydrogen-bond acceptors (Lipinski definition) is 0. The molecule has 0 aromatic heterocycles. The van der Waals surface area contributed by atoms with E-state index >= 15 is 0 Å². The van der Waals surface area contributed by atoms with Crippen LogP contribution in [-0.2, 0) is 12.8 Å². The van der Waals surface area contributed by atoms with Crippen LogP contribution in [0.3, 0.4) is 0 Å². The van der Waals surface area contributed by atoms with E-state index in [1.165, 1.54) is 36.5 Å². The normalized spacial score (nSPS) is 10.9. The van der Waals surface area contributed by atoms with Crippen molar-refractivity contribution in [2.24, 2.45) is 0 Å². The van der Waals surface area contributed by atoms with Gasteiger partial charge in [-0.1, -0.05) is 0 Å². The minimum atomic E-state index is 1.11. The highest BCUT2D eigenvalue weighted by Gasteiger charge is 2.07. The summed E-state index contributed by atoms with van der Waals surface area (Å²) in [6.45, 7) is 4.37. The first kappa shape index (κ1) is 17.7. The van der Waals surface area contributed by atoms with Crippen LogP contribution in [0, 0.1) is 28.1 Å². The highest BCUT2D eigenvalue weighted by Crippen LogP contribution is 2.24. The Morgan fingerprint density at radius 3 is 1.90 bits per heavy atom. The minimum absolute atomic E-state index is 1.11. The lowest BCUT2D eigenvalue weighted by Gasteiger charge is -2.10. The molecule has 0 heterocycles. The Hall–Kier alpha value is 1.36. The zero-order valence-corrected chi connectivity index (χ0v) is 19.9. The monoisotopic (exact) mass is 714 g/mol. The van der Waals surface area contributed by atoms with E-state index in [0.717, 1.165) is 12.8 Å². The van der Waals surface area contributed by atoms with E-state index in [2.05, 4.69) is 128 Å². The van der Waals surface area contributed by atoms with Gasteiger partial charge in [0.2, 0.25) is 0 Å². The van der Waals surface area contributed by atoms with Gasteiger partial charge in [-0.15, -0.1) is 0 Å². The van der Waals surface area contributed by atoms with Crippen molar-refractivity contribution in [2.45, 2.75) is 26.7 Å². The van der Waals surface area contributed by atoms with Crippen LogP contribution in [0.2, 0.25) is 0 Å². The van der Waals surface area contributed by atoms with Gasteiger partial charge in [-0.05, 0) is 164 Å². The molecule has 0 saturated heterocycles. The number of halogens is 4. The molecule has 0 aliphatic carbocycles. The SMILES string of the molecule is Cc1cc(I)c(CCc2cc(I)c(C)c(I)c2)cc1I. The summed E-state index contributed by atoms with van der Waals surface area (Å²) in [4.78, 5) is 0. The van der Waals surface area contributed by atoms with Crippen molar-refractivity contribution in [1.29, 1.82) is 0 Å². The third kappa shape index (κ3) is 4.43. The number of aryl methyl sites for hydroxylation is 3. The Balaban J connectivity index is 2.19. The van der Waals surface area contributed by atoms with Crippen LogP contribution >= 0.6 is 90.4 Å². The maximum Gasteiger partial charge on any atom is 0.0172 e. The second-order valence-electron chi connectivity index (χ2n) is 4.88. The molecule has 2 aromatic carbocycles. The second-order valence-corrected chi connectivity index (χ2v) is 9.53. The fraction of sp³-hybridized carbons (Fsp3) is 0.250. The van der Waals surface area contributed by atoms with Gasteiger partial charge < -0.3 is 0 Å². The number of benzene rings is 2. The molecule has 0 atom stereocenters. The van der Waals surface area contributed by atoms with Crippen LogP contribution in [0.25, 0.3) is 0 Å². The van der Waals surface area contributed by atoms with Gasteiger partial charge in [-0.3, -0.25) is 0 Å². The number of hydrogen-bond donors (Lipinski definition) is 0. The van der Waals surface area contributed by atoms with Gasteiger partial charge in [0, 0.05) is 14.3 Å². The summed E-state index contributed by atoms with van der Waals surface area (Å²) in [6, 6.07) is 9.27. The number of rotatable bonds is 3. The second kappa shape index (κ2) is 7.76. The van der Waals surface area contributed by atoms with Crippen molar-refractivity contribution in [2.75, 3.05) is 0 Å². The molecule has 0 bridgehead atoms. The molecule has 2 aromatic rings. The molecule has 2 rings (SSSR count). The summed E-state index contributed by atoms with van der Waals surface area (Å²) >= 11 is 9.77. The standard InChI is InChI=1S/C16H14I4/c1-9-5-16(20)12(8-13(9)17)4-3-11-6-14(18)10(2)15(19)7-11/h5-8H,3-4H2,1-2H3. The molecule has 4 heteroatoms. The first-order valence-corrected chi connectivity index (χ1v) is 10.6. The lowest BCUT2D eigenvalue weighted by molar-refractivity contribution is 0.947. The lowest BCUT2D eigenvalue weighted by Crippen LogP contribution is -1.98. The maximum absolute atomic E-state index is 2.46. The molecule has 0 aliphatic rings. The summed E-state index contributed by atoms with van der Waals surface area (Å²) in [5.41, 5.74) is 5.68. The van der Waals surface area contributed by atoms with Crippen LogP contribution in [0.5, 0.6) is 0 Å². The van der Waals surface area contributed by atoms with Gasteiger partial charge in [0.15, 0.2) is 0 Å². The summed E-state index contributed by atoms with van der Waals surface area (Å²) in [6.07, 6.45) is 2.23. The minimum Gasteiger partial charge on any atom is -0.0456 e. The van der Waals surface area contributed by atoms with Crippen molar-refractivity contribution in [1.82, 2.24) is 0 Å². The lowest BCUT2D eigenvalue weighted by atomic mass is 10.0. The van der Waals surface area contributed by atoms with Crippen LogP contribution in [-0.4, -0.2) is 0 Å². The first-order chi connectivity index (χ1) is 9.38. The molecule has 20 heavy (non-hydrogen) atoms. The maximum atomic E-state index is 2.46. The molecular formula is C16H14I4. The molecule has 106 valence electrons. The summed E-state index contributed by atoms with van der Waals surface area (Å²) in [5.74, 6) is 0. The topological polar surface area (TPSA) is 0 Å². The third-order valence-corrected chi connectivity index (χ3v) is 7.76. The molecule has 0 saturated carbocycles. The Bertz CT molecular complexity index is 624. The highest BCUT2D eigenvalue weighted by molar-refractivity contribution is 14.1. The molecule has 0 radical (unpaired) electrons. The summed E-state index contributed by atoms with van der Waals surface area (Å²) in [5, 5.41) is 0. The average Bonchev–Trinajstić information content (AvgIpc) is 2.38. The largest absolute Gasteiger partial charge is 0.0456 e. The van der Waals surface area contributed by atoms with Crippen LogP contribution in [0.4, 0.5) is 0 Å². The van der Waals surface area contributed by atoms with E-state index in [1.807, 2.05) is 0 Å². The average molecular weight is 714 g/mol. The Labute approximate surface area is 175 Å². The fourth-order valence-corrected chi connectivity index (χ4v) is 5.32. The first-order valence-electron chi connectivity index (χ1n) is 6.27. The van der Waals surface area contributed by atoms with Gasteiger partial charge in [0.25, 0.3) is 0 Å². The van der Waals surface area contributed by atoms with E-state index in [4.69, 9.17) is 0 Å². The van der Waals surface area contributed by atoms with Crippen LogP contribution in [0.1, 0.15) is 22.3 Å². The summed E-state index contributed by atoms with van der Waals surface area (Å²) < 4.78 is 5.50. The Morgan fingerprint density at radius 2 is 1.30 bits per heavy atom. The van der Waals surface area contributed by atoms with E-state index in [0.29, 0.717) is 0 Å².